The molecule has 0 unspecified atom stereocenters. The molecule has 0 saturated heterocycles. The Morgan fingerprint density at radius 1 is 1.50 bits per heavy atom. The van der Waals surface area contributed by atoms with Crippen molar-refractivity contribution in [2.45, 2.75) is 13.0 Å². The molecule has 0 radical (unpaired) electrons. The van der Waals surface area contributed by atoms with Crippen LogP contribution in [0.15, 0.2) is 24.5 Å². The van der Waals surface area contributed by atoms with E-state index < -0.39 is 0 Å². The van der Waals surface area contributed by atoms with Crippen LogP contribution < -0.4 is 5.32 Å². The van der Waals surface area contributed by atoms with E-state index in [0.717, 1.165) is 18.7 Å². The van der Waals surface area contributed by atoms with Crippen LogP contribution in [-0.2, 0) is 6.54 Å². The second-order valence-corrected chi connectivity index (χ2v) is 4.72. The third kappa shape index (κ3) is 2.77. The van der Waals surface area contributed by atoms with Gasteiger partial charge in [0.1, 0.15) is 5.65 Å². The van der Waals surface area contributed by atoms with Crippen LogP contribution in [-0.4, -0.2) is 28.5 Å². The van der Waals surface area contributed by atoms with Crippen LogP contribution in [0.4, 0.5) is 0 Å². The molecule has 0 bridgehead atoms. The van der Waals surface area contributed by atoms with Crippen molar-refractivity contribution in [2.75, 3.05) is 18.6 Å². The van der Waals surface area contributed by atoms with Crippen LogP contribution in [0.5, 0.6) is 0 Å². The first-order valence-electron chi connectivity index (χ1n) is 5.52. The summed E-state index contributed by atoms with van der Waals surface area (Å²) >= 11 is 1.90. The minimum absolute atomic E-state index is 0.917. The summed E-state index contributed by atoms with van der Waals surface area (Å²) in [6, 6.07) is 4.09. The number of hydrogen-bond acceptors (Lipinski definition) is 3. The number of nitrogens with one attached hydrogen (secondary N) is 2. The van der Waals surface area contributed by atoms with Gasteiger partial charge >= 0.3 is 0 Å². The fourth-order valence-electron chi connectivity index (χ4n) is 1.72. The zero-order valence-electron chi connectivity index (χ0n) is 9.49. The molecule has 4 heteroatoms. The van der Waals surface area contributed by atoms with E-state index in [1.807, 2.05) is 30.2 Å². The minimum atomic E-state index is 0.917. The molecule has 2 heterocycles. The Morgan fingerprint density at radius 3 is 3.31 bits per heavy atom. The Hall–Kier alpha value is -1.00. The third-order valence-corrected chi connectivity index (χ3v) is 3.25. The van der Waals surface area contributed by atoms with Crippen LogP contribution in [0.3, 0.4) is 0 Å². The summed E-state index contributed by atoms with van der Waals surface area (Å²) in [5.41, 5.74) is 2.27. The second kappa shape index (κ2) is 5.92. The molecule has 2 N–H and O–H groups in total. The summed E-state index contributed by atoms with van der Waals surface area (Å²) in [6.07, 6.45) is 7.22. The van der Waals surface area contributed by atoms with E-state index in [2.05, 4.69) is 27.6 Å². The van der Waals surface area contributed by atoms with Crippen LogP contribution in [0.2, 0.25) is 0 Å². The molecule has 3 nitrogen and oxygen atoms in total. The molecule has 2 aromatic rings. The fraction of sp³-hybridized carbons (Fsp3) is 0.417. The number of rotatable bonds is 6. The molecule has 16 heavy (non-hydrogen) atoms. The van der Waals surface area contributed by atoms with E-state index in [9.17, 15) is 0 Å². The normalized spacial score (nSPS) is 11.1. The number of aromatic amines is 1. The highest BCUT2D eigenvalue weighted by Crippen LogP contribution is 2.14. The molecule has 0 spiro atoms. The van der Waals surface area contributed by atoms with Crippen LogP contribution in [0.1, 0.15) is 12.0 Å². The van der Waals surface area contributed by atoms with E-state index in [4.69, 9.17) is 0 Å². The predicted molar refractivity (Wildman–Crippen MR) is 70.8 cm³/mol. The lowest BCUT2D eigenvalue weighted by Gasteiger charge is -2.02. The van der Waals surface area contributed by atoms with Gasteiger partial charge in [-0.25, -0.2) is 4.98 Å². The van der Waals surface area contributed by atoms with Crippen molar-refractivity contribution in [1.29, 1.82) is 0 Å². The second-order valence-electron chi connectivity index (χ2n) is 3.74. The Bertz CT molecular complexity index is 439. The highest BCUT2D eigenvalue weighted by molar-refractivity contribution is 7.98. The molecule has 0 aliphatic heterocycles. The molecule has 0 atom stereocenters. The molecule has 2 aromatic heterocycles. The van der Waals surface area contributed by atoms with Crippen molar-refractivity contribution in [2.24, 2.45) is 0 Å². The predicted octanol–water partition coefficient (Wildman–Crippen LogP) is 2.41. The zero-order valence-corrected chi connectivity index (χ0v) is 10.3. The third-order valence-electron chi connectivity index (χ3n) is 2.55. The van der Waals surface area contributed by atoms with E-state index in [1.165, 1.54) is 23.1 Å². The summed E-state index contributed by atoms with van der Waals surface area (Å²) in [7, 11) is 0. The fourth-order valence-corrected chi connectivity index (χ4v) is 2.16. The van der Waals surface area contributed by atoms with E-state index in [0.29, 0.717) is 0 Å². The lowest BCUT2D eigenvalue weighted by Crippen LogP contribution is -2.14. The number of hydrogen-bond donors (Lipinski definition) is 2. The van der Waals surface area contributed by atoms with Gasteiger partial charge in [0.25, 0.3) is 0 Å². The molecular formula is C12H17N3S. The average molecular weight is 235 g/mol. The van der Waals surface area contributed by atoms with E-state index in [1.54, 1.807) is 0 Å². The lowest BCUT2D eigenvalue weighted by molar-refractivity contribution is 0.681. The minimum Gasteiger partial charge on any atom is -0.346 e. The first-order chi connectivity index (χ1) is 7.92. The smallest absolute Gasteiger partial charge is 0.137 e. The monoisotopic (exact) mass is 235 g/mol. The molecule has 0 saturated carbocycles. The van der Waals surface area contributed by atoms with Crippen molar-refractivity contribution in [3.63, 3.8) is 0 Å². The van der Waals surface area contributed by atoms with Crippen molar-refractivity contribution >= 4 is 22.8 Å². The van der Waals surface area contributed by atoms with E-state index in [-0.39, 0.29) is 0 Å². The molecule has 0 amide bonds. The highest BCUT2D eigenvalue weighted by atomic mass is 32.2. The van der Waals surface area contributed by atoms with Crippen molar-refractivity contribution in [3.05, 3.63) is 30.1 Å². The first kappa shape index (κ1) is 11.5. The summed E-state index contributed by atoms with van der Waals surface area (Å²) in [5.74, 6) is 1.22. The van der Waals surface area contributed by atoms with Gasteiger partial charge in [0.05, 0.1) is 0 Å². The Balaban J connectivity index is 1.89. The Kier molecular flexibility index (Phi) is 4.25. The number of H-pyrrole nitrogens is 1. The van der Waals surface area contributed by atoms with Gasteiger partial charge in [0.2, 0.25) is 0 Å². The summed E-state index contributed by atoms with van der Waals surface area (Å²) in [4.78, 5) is 7.46. The molecule has 0 aliphatic carbocycles. The van der Waals surface area contributed by atoms with Crippen molar-refractivity contribution < 1.29 is 0 Å². The van der Waals surface area contributed by atoms with Gasteiger partial charge in [-0.1, -0.05) is 0 Å². The van der Waals surface area contributed by atoms with Crippen molar-refractivity contribution in [1.82, 2.24) is 15.3 Å². The average Bonchev–Trinajstić information content (AvgIpc) is 2.73. The molecule has 0 aliphatic rings. The number of thioether (sulfide) groups is 1. The topological polar surface area (TPSA) is 40.7 Å². The molecule has 2 rings (SSSR count). The molecule has 86 valence electrons. The SMILES string of the molecule is CSCCCNCc1c[nH]c2ncccc12. The zero-order chi connectivity index (χ0) is 11.2. The highest BCUT2D eigenvalue weighted by Gasteiger charge is 2.02. The van der Waals surface area contributed by atoms with Gasteiger partial charge in [-0.15, -0.1) is 0 Å². The maximum atomic E-state index is 4.27. The van der Waals surface area contributed by atoms with Gasteiger partial charge in [0.15, 0.2) is 0 Å². The van der Waals surface area contributed by atoms with Gasteiger partial charge < -0.3 is 10.3 Å². The standard InChI is InChI=1S/C12H17N3S/c1-16-7-3-5-13-8-10-9-15-12-11(10)4-2-6-14-12/h2,4,6,9,13H,3,5,7-8H2,1H3,(H,14,15). The summed E-state index contributed by atoms with van der Waals surface area (Å²) in [6.45, 7) is 1.99. The van der Waals surface area contributed by atoms with Gasteiger partial charge in [0, 0.05) is 24.3 Å². The number of nitrogens with zero attached hydrogens (tertiary/aromatic N) is 1. The largest absolute Gasteiger partial charge is 0.346 e. The maximum absolute atomic E-state index is 4.27. The van der Waals surface area contributed by atoms with Crippen LogP contribution in [0.25, 0.3) is 11.0 Å². The van der Waals surface area contributed by atoms with Gasteiger partial charge in [-0.2, -0.15) is 11.8 Å². The van der Waals surface area contributed by atoms with Gasteiger partial charge in [-0.05, 0) is 42.7 Å². The van der Waals surface area contributed by atoms with Crippen LogP contribution in [0, 0.1) is 0 Å². The number of pyridine rings is 1. The number of aromatic nitrogens is 2. The quantitative estimate of drug-likeness (QED) is 0.755. The van der Waals surface area contributed by atoms with Crippen LogP contribution >= 0.6 is 11.8 Å². The van der Waals surface area contributed by atoms with E-state index >= 15 is 0 Å². The maximum Gasteiger partial charge on any atom is 0.137 e. The molecular weight excluding hydrogens is 218 g/mol. The summed E-state index contributed by atoms with van der Waals surface area (Å²) in [5, 5.41) is 4.68. The lowest BCUT2D eigenvalue weighted by atomic mass is 10.2. The van der Waals surface area contributed by atoms with Gasteiger partial charge in [-0.3, -0.25) is 0 Å². The Morgan fingerprint density at radius 2 is 2.44 bits per heavy atom. The summed E-state index contributed by atoms with van der Waals surface area (Å²) < 4.78 is 0. The molecule has 0 fully saturated rings. The number of fused-ring (bicyclic) bond motifs is 1. The first-order valence-corrected chi connectivity index (χ1v) is 6.92. The molecule has 0 aromatic carbocycles. The van der Waals surface area contributed by atoms with Crippen molar-refractivity contribution in [3.8, 4) is 0 Å². The Labute approximate surface area is 100 Å².